The van der Waals surface area contributed by atoms with Gasteiger partial charge in [-0.3, -0.25) is 0 Å². The van der Waals surface area contributed by atoms with Crippen molar-refractivity contribution >= 4 is 11.6 Å². The normalized spacial score (nSPS) is 12.6. The molecule has 2 aromatic rings. The number of aryl methyl sites for hydroxylation is 1. The molecule has 0 fully saturated rings. The molecular formula is C14H18ClN3. The molecule has 18 heavy (non-hydrogen) atoms. The van der Waals surface area contributed by atoms with Gasteiger partial charge in [0.15, 0.2) is 0 Å². The van der Waals surface area contributed by atoms with Crippen molar-refractivity contribution in [3.8, 4) is 0 Å². The third kappa shape index (κ3) is 3.12. The maximum Gasteiger partial charge on any atom is 0.0948 e. The Hall–Kier alpha value is -1.32. The number of nitrogens with zero attached hydrogens (tertiary/aromatic N) is 2. The fourth-order valence-corrected chi connectivity index (χ4v) is 2.13. The van der Waals surface area contributed by atoms with Gasteiger partial charge in [-0.15, -0.1) is 0 Å². The molecule has 0 aliphatic rings. The molecule has 0 saturated carbocycles. The van der Waals surface area contributed by atoms with E-state index in [1.807, 2.05) is 30.7 Å². The van der Waals surface area contributed by atoms with E-state index < -0.39 is 0 Å². The smallest absolute Gasteiger partial charge is 0.0948 e. The second kappa shape index (κ2) is 6.03. The lowest BCUT2D eigenvalue weighted by Crippen LogP contribution is -2.19. The van der Waals surface area contributed by atoms with Gasteiger partial charge in [0.25, 0.3) is 0 Å². The van der Waals surface area contributed by atoms with Crippen LogP contribution in [0.15, 0.2) is 36.8 Å². The van der Waals surface area contributed by atoms with Crippen LogP contribution in [0, 0.1) is 0 Å². The first-order chi connectivity index (χ1) is 8.70. The molecule has 0 aliphatic carbocycles. The first-order valence-corrected chi connectivity index (χ1v) is 6.56. The molecule has 0 amide bonds. The van der Waals surface area contributed by atoms with Crippen LogP contribution in [-0.4, -0.2) is 9.55 Å². The summed E-state index contributed by atoms with van der Waals surface area (Å²) >= 11 is 5.99. The van der Waals surface area contributed by atoms with E-state index in [0.717, 1.165) is 18.1 Å². The molecule has 4 heteroatoms. The first-order valence-electron chi connectivity index (χ1n) is 6.18. The first kappa shape index (κ1) is 13.1. The number of nitrogens with one attached hydrogen (secondary N) is 1. The molecule has 1 aromatic heterocycles. The minimum Gasteiger partial charge on any atom is -0.334 e. The predicted octanol–water partition coefficient (Wildman–Crippen LogP) is 3.41. The highest BCUT2D eigenvalue weighted by atomic mass is 35.5. The summed E-state index contributed by atoms with van der Waals surface area (Å²) in [6.45, 7) is 6.01. The van der Waals surface area contributed by atoms with Crippen LogP contribution < -0.4 is 5.32 Å². The summed E-state index contributed by atoms with van der Waals surface area (Å²) in [5, 5.41) is 4.26. The van der Waals surface area contributed by atoms with Crippen molar-refractivity contribution in [2.75, 3.05) is 0 Å². The molecule has 2 rings (SSSR count). The van der Waals surface area contributed by atoms with Crippen molar-refractivity contribution in [3.63, 3.8) is 0 Å². The fourth-order valence-electron chi connectivity index (χ4n) is 1.93. The highest BCUT2D eigenvalue weighted by Gasteiger charge is 2.07. The van der Waals surface area contributed by atoms with Gasteiger partial charge in [0, 0.05) is 30.4 Å². The summed E-state index contributed by atoms with van der Waals surface area (Å²) in [5.74, 6) is 0. The number of benzene rings is 1. The van der Waals surface area contributed by atoms with E-state index in [-0.39, 0.29) is 6.04 Å². The molecule has 1 unspecified atom stereocenters. The zero-order valence-electron chi connectivity index (χ0n) is 10.7. The Balaban J connectivity index is 1.98. The van der Waals surface area contributed by atoms with Crippen LogP contribution in [0.5, 0.6) is 0 Å². The van der Waals surface area contributed by atoms with Crippen LogP contribution in [-0.2, 0) is 13.1 Å². The molecule has 0 aliphatic heterocycles. The van der Waals surface area contributed by atoms with Crippen LogP contribution in [0.4, 0.5) is 0 Å². The van der Waals surface area contributed by atoms with Crippen molar-refractivity contribution in [1.29, 1.82) is 0 Å². The lowest BCUT2D eigenvalue weighted by atomic mass is 10.1. The summed E-state index contributed by atoms with van der Waals surface area (Å²) in [7, 11) is 0. The molecule has 3 nitrogen and oxygen atoms in total. The second-order valence-electron chi connectivity index (χ2n) is 4.33. The average molecular weight is 264 g/mol. The molecular weight excluding hydrogens is 246 g/mol. The fraction of sp³-hybridized carbons (Fsp3) is 0.357. The third-order valence-corrected chi connectivity index (χ3v) is 3.31. The van der Waals surface area contributed by atoms with E-state index in [1.165, 1.54) is 11.3 Å². The molecule has 1 N–H and O–H groups in total. The number of hydrogen-bond donors (Lipinski definition) is 1. The summed E-state index contributed by atoms with van der Waals surface area (Å²) < 4.78 is 2.14. The highest BCUT2D eigenvalue weighted by molar-refractivity contribution is 6.30. The number of hydrogen-bond acceptors (Lipinski definition) is 2. The zero-order chi connectivity index (χ0) is 13.0. The maximum atomic E-state index is 5.99. The van der Waals surface area contributed by atoms with Gasteiger partial charge < -0.3 is 9.88 Å². The second-order valence-corrected chi connectivity index (χ2v) is 4.77. The monoisotopic (exact) mass is 263 g/mol. The molecule has 0 bridgehead atoms. The van der Waals surface area contributed by atoms with Gasteiger partial charge in [0.1, 0.15) is 0 Å². The molecule has 1 aromatic carbocycles. The van der Waals surface area contributed by atoms with E-state index in [2.05, 4.69) is 34.8 Å². The molecule has 96 valence electrons. The minimum atomic E-state index is 0.268. The Morgan fingerprint density at radius 1 is 1.44 bits per heavy atom. The molecule has 1 atom stereocenters. The van der Waals surface area contributed by atoms with Crippen LogP contribution in [0.3, 0.4) is 0 Å². The van der Waals surface area contributed by atoms with Gasteiger partial charge in [-0.05, 0) is 31.5 Å². The van der Waals surface area contributed by atoms with Crippen molar-refractivity contribution in [2.45, 2.75) is 33.0 Å². The van der Waals surface area contributed by atoms with Gasteiger partial charge >= 0.3 is 0 Å². The van der Waals surface area contributed by atoms with Gasteiger partial charge in [-0.2, -0.15) is 0 Å². The molecule has 0 radical (unpaired) electrons. The predicted molar refractivity (Wildman–Crippen MR) is 74.6 cm³/mol. The van der Waals surface area contributed by atoms with E-state index in [1.54, 1.807) is 0 Å². The standard InChI is InChI=1S/C14H18ClN3/c1-3-18-10-16-8-14(18)9-17-11(2)12-5-4-6-13(15)7-12/h4-8,10-11,17H,3,9H2,1-2H3. The Bertz CT molecular complexity index is 507. The largest absolute Gasteiger partial charge is 0.334 e. The van der Waals surface area contributed by atoms with Crippen LogP contribution in [0.25, 0.3) is 0 Å². The molecule has 0 spiro atoms. The Kier molecular flexibility index (Phi) is 4.39. The summed E-state index contributed by atoms with van der Waals surface area (Å²) in [5.41, 5.74) is 2.40. The topological polar surface area (TPSA) is 29.9 Å². The van der Waals surface area contributed by atoms with Gasteiger partial charge in [0.05, 0.1) is 12.0 Å². The third-order valence-electron chi connectivity index (χ3n) is 3.08. The minimum absolute atomic E-state index is 0.268. The lowest BCUT2D eigenvalue weighted by Gasteiger charge is -2.15. The van der Waals surface area contributed by atoms with Gasteiger partial charge in [-0.25, -0.2) is 4.98 Å². The number of rotatable bonds is 5. The van der Waals surface area contributed by atoms with E-state index in [4.69, 9.17) is 11.6 Å². The van der Waals surface area contributed by atoms with E-state index in [9.17, 15) is 0 Å². The van der Waals surface area contributed by atoms with Gasteiger partial charge in [-0.1, -0.05) is 23.7 Å². The molecule has 1 heterocycles. The SMILES string of the molecule is CCn1cncc1CNC(C)c1cccc(Cl)c1. The highest BCUT2D eigenvalue weighted by Crippen LogP contribution is 2.17. The molecule has 0 saturated heterocycles. The van der Waals surface area contributed by atoms with E-state index >= 15 is 0 Å². The average Bonchev–Trinajstić information content (AvgIpc) is 2.83. The number of imidazole rings is 1. The summed E-state index contributed by atoms with van der Waals surface area (Å²) in [6, 6.07) is 8.22. The maximum absolute atomic E-state index is 5.99. The lowest BCUT2D eigenvalue weighted by molar-refractivity contribution is 0.549. The number of halogens is 1. The zero-order valence-corrected chi connectivity index (χ0v) is 11.5. The van der Waals surface area contributed by atoms with Crippen molar-refractivity contribution in [2.24, 2.45) is 0 Å². The number of aromatic nitrogens is 2. The van der Waals surface area contributed by atoms with Crippen molar-refractivity contribution in [1.82, 2.24) is 14.9 Å². The van der Waals surface area contributed by atoms with Crippen LogP contribution in [0.2, 0.25) is 5.02 Å². The van der Waals surface area contributed by atoms with Crippen LogP contribution in [0.1, 0.15) is 31.1 Å². The van der Waals surface area contributed by atoms with Gasteiger partial charge in [0.2, 0.25) is 0 Å². The van der Waals surface area contributed by atoms with Crippen molar-refractivity contribution < 1.29 is 0 Å². The Morgan fingerprint density at radius 2 is 2.28 bits per heavy atom. The van der Waals surface area contributed by atoms with Crippen LogP contribution >= 0.6 is 11.6 Å². The Morgan fingerprint density at radius 3 is 3.00 bits per heavy atom. The quantitative estimate of drug-likeness (QED) is 0.896. The van der Waals surface area contributed by atoms with E-state index in [0.29, 0.717) is 0 Å². The Labute approximate surface area is 113 Å². The van der Waals surface area contributed by atoms with Crippen molar-refractivity contribution in [3.05, 3.63) is 53.1 Å². The summed E-state index contributed by atoms with van der Waals surface area (Å²) in [6.07, 6.45) is 3.77. The summed E-state index contributed by atoms with van der Waals surface area (Å²) in [4.78, 5) is 4.16.